The second-order valence-electron chi connectivity index (χ2n) is 5.58. The highest BCUT2D eigenvalue weighted by atomic mass is 32.2. The van der Waals surface area contributed by atoms with Crippen molar-refractivity contribution in [3.63, 3.8) is 0 Å². The van der Waals surface area contributed by atoms with E-state index < -0.39 is 10.0 Å². The molecule has 6 nitrogen and oxygen atoms in total. The van der Waals surface area contributed by atoms with E-state index in [0.717, 1.165) is 0 Å². The van der Waals surface area contributed by atoms with E-state index in [1.807, 2.05) is 4.90 Å². The van der Waals surface area contributed by atoms with Crippen molar-refractivity contribution in [2.45, 2.75) is 11.9 Å². The van der Waals surface area contributed by atoms with E-state index in [4.69, 9.17) is 0 Å². The van der Waals surface area contributed by atoms with Crippen LogP contribution < -0.4 is 4.90 Å². The Labute approximate surface area is 135 Å². The van der Waals surface area contributed by atoms with Crippen molar-refractivity contribution in [3.05, 3.63) is 42.1 Å². The zero-order chi connectivity index (χ0) is 16.6. The Balaban J connectivity index is 1.75. The molecule has 0 radical (unpaired) electrons. The number of hydrogen-bond donors (Lipinski definition) is 0. The summed E-state index contributed by atoms with van der Waals surface area (Å²) in [5, 5.41) is 0.0665. The van der Waals surface area contributed by atoms with Crippen LogP contribution in [0, 0.1) is 12.7 Å². The first kappa shape index (κ1) is 15.9. The standard InChI is InChI=1S/C15H19FN4O2S/c1-12-17-15(11-18(12)2)23(21,22)20-9-7-19(8-10-20)14-6-4-3-5-13(14)16/h3-6,11H,7-10H2,1-2H3. The van der Waals surface area contributed by atoms with Crippen LogP contribution in [0.5, 0.6) is 0 Å². The van der Waals surface area contributed by atoms with Gasteiger partial charge in [-0.05, 0) is 19.1 Å². The summed E-state index contributed by atoms with van der Waals surface area (Å²) in [7, 11) is -1.84. The third kappa shape index (κ3) is 2.96. The maximum atomic E-state index is 13.8. The van der Waals surface area contributed by atoms with Crippen LogP contribution in [0.25, 0.3) is 0 Å². The topological polar surface area (TPSA) is 58.4 Å². The molecule has 0 aliphatic carbocycles. The van der Waals surface area contributed by atoms with Gasteiger partial charge >= 0.3 is 0 Å². The van der Waals surface area contributed by atoms with Crippen LogP contribution >= 0.6 is 0 Å². The summed E-state index contributed by atoms with van der Waals surface area (Å²) >= 11 is 0. The molecule has 1 fully saturated rings. The van der Waals surface area contributed by atoms with Gasteiger partial charge < -0.3 is 9.47 Å². The maximum absolute atomic E-state index is 13.8. The number of hydrogen-bond acceptors (Lipinski definition) is 4. The van der Waals surface area contributed by atoms with E-state index in [1.165, 1.54) is 16.6 Å². The van der Waals surface area contributed by atoms with Crippen molar-refractivity contribution < 1.29 is 12.8 Å². The molecule has 23 heavy (non-hydrogen) atoms. The van der Waals surface area contributed by atoms with Crippen LogP contribution in [0.1, 0.15) is 5.82 Å². The number of para-hydroxylation sites is 1. The number of anilines is 1. The minimum absolute atomic E-state index is 0.0665. The Morgan fingerprint density at radius 2 is 1.78 bits per heavy atom. The Morgan fingerprint density at radius 3 is 2.35 bits per heavy atom. The third-order valence-corrected chi connectivity index (χ3v) is 5.89. The SMILES string of the molecule is Cc1nc(S(=O)(=O)N2CCN(c3ccccc3F)CC2)cn1C. The normalized spacial score (nSPS) is 16.7. The molecule has 0 unspecified atom stereocenters. The van der Waals surface area contributed by atoms with Gasteiger partial charge in [-0.25, -0.2) is 17.8 Å². The Hall–Kier alpha value is -1.93. The van der Waals surface area contributed by atoms with Crippen molar-refractivity contribution >= 4 is 15.7 Å². The minimum Gasteiger partial charge on any atom is -0.367 e. The monoisotopic (exact) mass is 338 g/mol. The molecular formula is C15H19FN4O2S. The number of benzene rings is 1. The largest absolute Gasteiger partial charge is 0.367 e. The summed E-state index contributed by atoms with van der Waals surface area (Å²) < 4.78 is 42.2. The highest BCUT2D eigenvalue weighted by molar-refractivity contribution is 7.89. The first-order chi connectivity index (χ1) is 10.9. The first-order valence-corrected chi connectivity index (χ1v) is 8.83. The van der Waals surface area contributed by atoms with Crippen LogP contribution in [-0.2, 0) is 17.1 Å². The van der Waals surface area contributed by atoms with Crippen LogP contribution in [0.2, 0.25) is 0 Å². The Kier molecular flexibility index (Phi) is 4.11. The summed E-state index contributed by atoms with van der Waals surface area (Å²) in [6.07, 6.45) is 1.52. The second-order valence-corrected chi connectivity index (χ2v) is 7.46. The van der Waals surface area contributed by atoms with Gasteiger partial charge in [0.15, 0.2) is 5.03 Å². The third-order valence-electron chi connectivity index (χ3n) is 4.12. The lowest BCUT2D eigenvalue weighted by Crippen LogP contribution is -2.49. The number of aryl methyl sites for hydroxylation is 2. The minimum atomic E-state index is -3.60. The van der Waals surface area contributed by atoms with Gasteiger partial charge in [0.05, 0.1) is 5.69 Å². The predicted octanol–water partition coefficient (Wildman–Crippen LogP) is 1.38. The number of imidazole rings is 1. The predicted molar refractivity (Wildman–Crippen MR) is 85.3 cm³/mol. The number of nitrogens with zero attached hydrogens (tertiary/aromatic N) is 4. The number of halogens is 1. The molecule has 1 aromatic heterocycles. The van der Waals surface area contributed by atoms with E-state index >= 15 is 0 Å². The Bertz CT molecular complexity index is 791. The fraction of sp³-hybridized carbons (Fsp3) is 0.400. The molecule has 0 atom stereocenters. The van der Waals surface area contributed by atoms with Crippen molar-refractivity contribution in [1.29, 1.82) is 0 Å². The second kappa shape index (κ2) is 5.93. The van der Waals surface area contributed by atoms with Gasteiger partial charge in [0.25, 0.3) is 10.0 Å². The molecule has 3 rings (SSSR count). The van der Waals surface area contributed by atoms with Gasteiger partial charge in [0.2, 0.25) is 0 Å². The molecule has 1 aliphatic rings. The fourth-order valence-electron chi connectivity index (χ4n) is 2.66. The molecular weight excluding hydrogens is 319 g/mol. The highest BCUT2D eigenvalue weighted by Gasteiger charge is 2.31. The first-order valence-electron chi connectivity index (χ1n) is 7.39. The van der Waals surface area contributed by atoms with Crippen molar-refractivity contribution in [2.75, 3.05) is 31.1 Å². The molecule has 1 aliphatic heterocycles. The number of aromatic nitrogens is 2. The number of piperazine rings is 1. The number of rotatable bonds is 3. The van der Waals surface area contributed by atoms with Gasteiger partial charge in [-0.1, -0.05) is 12.1 Å². The summed E-state index contributed by atoms with van der Waals surface area (Å²) in [6, 6.07) is 6.54. The quantitative estimate of drug-likeness (QED) is 0.848. The van der Waals surface area contributed by atoms with Crippen LogP contribution in [0.4, 0.5) is 10.1 Å². The average molecular weight is 338 g/mol. The van der Waals surface area contributed by atoms with Gasteiger partial charge in [-0.15, -0.1) is 0 Å². The summed E-state index contributed by atoms with van der Waals surface area (Å²) in [5.41, 5.74) is 0.512. The molecule has 2 aromatic rings. The molecule has 2 heterocycles. The summed E-state index contributed by atoms with van der Waals surface area (Å²) in [6.45, 7) is 3.28. The summed E-state index contributed by atoms with van der Waals surface area (Å²) in [5.74, 6) is 0.359. The smallest absolute Gasteiger partial charge is 0.262 e. The van der Waals surface area contributed by atoms with Crippen molar-refractivity contribution in [2.24, 2.45) is 7.05 Å². The van der Waals surface area contributed by atoms with E-state index in [9.17, 15) is 12.8 Å². The zero-order valence-electron chi connectivity index (χ0n) is 13.1. The molecule has 1 saturated heterocycles. The lowest BCUT2D eigenvalue weighted by molar-refractivity contribution is 0.382. The zero-order valence-corrected chi connectivity index (χ0v) is 13.9. The highest BCUT2D eigenvalue weighted by Crippen LogP contribution is 2.22. The molecule has 0 N–H and O–H groups in total. The lowest BCUT2D eigenvalue weighted by Gasteiger charge is -2.35. The van der Waals surface area contributed by atoms with E-state index in [-0.39, 0.29) is 10.8 Å². The molecule has 0 spiro atoms. The molecule has 124 valence electrons. The molecule has 1 aromatic carbocycles. The molecule has 8 heteroatoms. The molecule has 0 saturated carbocycles. The maximum Gasteiger partial charge on any atom is 0.262 e. The van der Waals surface area contributed by atoms with Crippen molar-refractivity contribution in [1.82, 2.24) is 13.9 Å². The van der Waals surface area contributed by atoms with Crippen LogP contribution in [0.3, 0.4) is 0 Å². The van der Waals surface area contributed by atoms with Crippen LogP contribution in [-0.4, -0.2) is 48.5 Å². The van der Waals surface area contributed by atoms with Gasteiger partial charge in [0, 0.05) is 39.4 Å². The number of sulfonamides is 1. The van der Waals surface area contributed by atoms with Gasteiger partial charge in [-0.3, -0.25) is 0 Å². The van der Waals surface area contributed by atoms with Gasteiger partial charge in [-0.2, -0.15) is 4.31 Å². The van der Waals surface area contributed by atoms with E-state index in [0.29, 0.717) is 37.7 Å². The van der Waals surface area contributed by atoms with Crippen molar-refractivity contribution in [3.8, 4) is 0 Å². The van der Waals surface area contributed by atoms with E-state index in [1.54, 1.807) is 36.7 Å². The lowest BCUT2D eigenvalue weighted by atomic mass is 10.2. The molecule has 0 amide bonds. The van der Waals surface area contributed by atoms with Gasteiger partial charge in [0.1, 0.15) is 11.6 Å². The average Bonchev–Trinajstić information content (AvgIpc) is 2.88. The fourth-order valence-corrected chi connectivity index (χ4v) is 4.11. The molecule has 0 bridgehead atoms. The Morgan fingerprint density at radius 1 is 1.13 bits per heavy atom. The summed E-state index contributed by atoms with van der Waals surface area (Å²) in [4.78, 5) is 5.97. The van der Waals surface area contributed by atoms with E-state index in [2.05, 4.69) is 4.98 Å². The van der Waals surface area contributed by atoms with Crippen LogP contribution in [0.15, 0.2) is 35.5 Å².